The van der Waals surface area contributed by atoms with Crippen LogP contribution in [0.15, 0.2) is 79.6 Å². The monoisotopic (exact) mass is 622 g/mol. The molecule has 1 aliphatic heterocycles. The van der Waals surface area contributed by atoms with Gasteiger partial charge in [-0.1, -0.05) is 55.1 Å². The van der Waals surface area contributed by atoms with Gasteiger partial charge in [0.2, 0.25) is 0 Å². The molecule has 1 saturated heterocycles. The Kier molecular flexibility index (Phi) is 9.80. The SMILES string of the molecule is C=Cc1ccc2cc(NC(=O)OCc3ccccc3)c(C(=O)Nc3cnccc3N3CCCC(NC(=O)OC(C)(C)C)C3)nc2c1. The highest BCUT2D eigenvalue weighted by molar-refractivity contribution is 6.11. The van der Waals surface area contributed by atoms with E-state index in [2.05, 4.69) is 37.4 Å². The predicted octanol–water partition coefficient (Wildman–Crippen LogP) is 6.77. The molecule has 0 saturated carbocycles. The fourth-order valence-corrected chi connectivity index (χ4v) is 5.18. The summed E-state index contributed by atoms with van der Waals surface area (Å²) in [6.07, 6.45) is 5.35. The number of amides is 3. The van der Waals surface area contributed by atoms with Gasteiger partial charge in [-0.2, -0.15) is 0 Å². The lowest BCUT2D eigenvalue weighted by Gasteiger charge is -2.35. The van der Waals surface area contributed by atoms with Gasteiger partial charge >= 0.3 is 12.2 Å². The maximum Gasteiger partial charge on any atom is 0.412 e. The van der Waals surface area contributed by atoms with Crippen LogP contribution in [0.1, 0.15) is 55.2 Å². The molecule has 0 aliphatic carbocycles. The van der Waals surface area contributed by atoms with Crippen LogP contribution in [-0.2, 0) is 16.1 Å². The first kappa shape index (κ1) is 32.0. The Morgan fingerprint density at radius 2 is 1.83 bits per heavy atom. The van der Waals surface area contributed by atoms with Crippen LogP contribution in [0.4, 0.5) is 26.7 Å². The van der Waals surface area contributed by atoms with Crippen LogP contribution < -0.4 is 20.9 Å². The molecular weight excluding hydrogens is 584 g/mol. The summed E-state index contributed by atoms with van der Waals surface area (Å²) in [5.41, 5.74) is 3.03. The van der Waals surface area contributed by atoms with Crippen LogP contribution in [0, 0.1) is 0 Å². The lowest BCUT2D eigenvalue weighted by Crippen LogP contribution is -2.49. The third kappa shape index (κ3) is 8.38. The summed E-state index contributed by atoms with van der Waals surface area (Å²) < 4.78 is 10.9. The lowest BCUT2D eigenvalue weighted by atomic mass is 10.0. The number of benzene rings is 2. The zero-order valence-corrected chi connectivity index (χ0v) is 26.2. The van der Waals surface area contributed by atoms with E-state index in [0.717, 1.165) is 41.6 Å². The zero-order valence-electron chi connectivity index (χ0n) is 26.2. The third-order valence-corrected chi connectivity index (χ3v) is 7.27. The lowest BCUT2D eigenvalue weighted by molar-refractivity contribution is 0.0499. The number of alkyl carbamates (subject to hydrolysis) is 1. The normalized spacial score (nSPS) is 14.7. The van der Waals surface area contributed by atoms with Gasteiger partial charge in [0.05, 0.1) is 28.8 Å². The van der Waals surface area contributed by atoms with Gasteiger partial charge in [0, 0.05) is 30.7 Å². The number of nitrogens with one attached hydrogen (secondary N) is 3. The summed E-state index contributed by atoms with van der Waals surface area (Å²) in [5.74, 6) is -0.543. The molecule has 0 bridgehead atoms. The molecule has 0 radical (unpaired) electrons. The molecule has 11 nitrogen and oxygen atoms in total. The fourth-order valence-electron chi connectivity index (χ4n) is 5.18. The molecule has 238 valence electrons. The van der Waals surface area contributed by atoms with Gasteiger partial charge in [-0.3, -0.25) is 15.1 Å². The average molecular weight is 623 g/mol. The van der Waals surface area contributed by atoms with E-state index >= 15 is 0 Å². The maximum atomic E-state index is 13.9. The molecule has 5 rings (SSSR count). The fraction of sp³-hybridized carbons (Fsp3) is 0.286. The minimum atomic E-state index is -0.722. The summed E-state index contributed by atoms with van der Waals surface area (Å²) in [6.45, 7) is 10.6. The van der Waals surface area contributed by atoms with Crippen LogP contribution >= 0.6 is 0 Å². The van der Waals surface area contributed by atoms with Gasteiger partial charge in [0.1, 0.15) is 12.2 Å². The van der Waals surface area contributed by atoms with Crippen molar-refractivity contribution in [2.45, 2.75) is 51.9 Å². The number of pyridine rings is 2. The van der Waals surface area contributed by atoms with Crippen molar-refractivity contribution in [2.75, 3.05) is 28.6 Å². The van der Waals surface area contributed by atoms with Crippen molar-refractivity contribution < 1.29 is 23.9 Å². The molecule has 2 aromatic carbocycles. The van der Waals surface area contributed by atoms with E-state index in [-0.39, 0.29) is 24.0 Å². The molecular formula is C35H38N6O5. The molecule has 11 heteroatoms. The number of anilines is 3. The van der Waals surface area contributed by atoms with Crippen molar-refractivity contribution in [3.63, 3.8) is 0 Å². The van der Waals surface area contributed by atoms with Gasteiger partial charge in [0.15, 0.2) is 5.69 Å². The standard InChI is InChI=1S/C35H38N6O5/c1-5-23-13-14-25-19-28(40-33(43)45-22-24-10-7-6-8-11-24)31(38-27(25)18-23)32(42)39-29-20-36-16-15-30(29)41-17-9-12-26(21-41)37-34(44)46-35(2,3)4/h5-8,10-11,13-16,18-20,26H,1,9,12,17,21-22H2,2-4H3,(H,37,44)(H,39,42)(H,40,43). The number of aromatic nitrogens is 2. The number of hydrogen-bond donors (Lipinski definition) is 3. The quantitative estimate of drug-likeness (QED) is 0.196. The highest BCUT2D eigenvalue weighted by Gasteiger charge is 2.26. The Labute approximate surface area is 268 Å². The van der Waals surface area contributed by atoms with Crippen LogP contribution in [0.3, 0.4) is 0 Å². The Morgan fingerprint density at radius 3 is 2.59 bits per heavy atom. The van der Waals surface area contributed by atoms with Gasteiger partial charge < -0.3 is 25.0 Å². The molecule has 4 aromatic rings. The van der Waals surface area contributed by atoms with Crippen molar-refractivity contribution in [2.24, 2.45) is 0 Å². The highest BCUT2D eigenvalue weighted by Crippen LogP contribution is 2.30. The molecule has 1 aliphatic rings. The van der Waals surface area contributed by atoms with Crippen molar-refractivity contribution in [3.05, 3.63) is 96.5 Å². The first-order valence-corrected chi connectivity index (χ1v) is 15.1. The number of fused-ring (bicyclic) bond motifs is 1. The van der Waals surface area contributed by atoms with E-state index in [0.29, 0.717) is 17.7 Å². The number of rotatable bonds is 8. The second-order valence-corrected chi connectivity index (χ2v) is 12.0. The van der Waals surface area contributed by atoms with Crippen molar-refractivity contribution in [1.82, 2.24) is 15.3 Å². The third-order valence-electron chi connectivity index (χ3n) is 7.27. The van der Waals surface area contributed by atoms with Gasteiger partial charge in [-0.05, 0) is 62.9 Å². The second kappa shape index (κ2) is 14.1. The van der Waals surface area contributed by atoms with Crippen LogP contribution in [-0.4, -0.2) is 52.8 Å². The van der Waals surface area contributed by atoms with E-state index in [1.165, 1.54) is 0 Å². The van der Waals surface area contributed by atoms with Crippen LogP contribution in [0.25, 0.3) is 17.0 Å². The molecule has 3 heterocycles. The molecule has 2 aromatic heterocycles. The minimum Gasteiger partial charge on any atom is -0.444 e. The minimum absolute atomic E-state index is 0.00305. The summed E-state index contributed by atoms with van der Waals surface area (Å²) in [5, 5.41) is 9.33. The van der Waals surface area contributed by atoms with Crippen LogP contribution in [0.2, 0.25) is 0 Å². The molecule has 0 spiro atoms. The maximum absolute atomic E-state index is 13.9. The summed E-state index contributed by atoms with van der Waals surface area (Å²) in [7, 11) is 0. The van der Waals surface area contributed by atoms with Gasteiger partial charge in [0.25, 0.3) is 5.91 Å². The Morgan fingerprint density at radius 1 is 1.02 bits per heavy atom. The topological polar surface area (TPSA) is 135 Å². The molecule has 1 fully saturated rings. The Bertz CT molecular complexity index is 1740. The van der Waals surface area contributed by atoms with Crippen LogP contribution in [0.5, 0.6) is 0 Å². The number of carbonyl (C=O) groups is 3. The number of ether oxygens (including phenoxy) is 2. The van der Waals surface area contributed by atoms with Crippen molar-refractivity contribution >= 4 is 52.1 Å². The zero-order chi connectivity index (χ0) is 32.7. The van der Waals surface area contributed by atoms with Gasteiger partial charge in [-0.25, -0.2) is 14.6 Å². The van der Waals surface area contributed by atoms with Gasteiger partial charge in [-0.15, -0.1) is 0 Å². The summed E-state index contributed by atoms with van der Waals surface area (Å²) >= 11 is 0. The summed E-state index contributed by atoms with van der Waals surface area (Å²) in [4.78, 5) is 50.1. The number of hydrogen-bond acceptors (Lipinski definition) is 8. The first-order chi connectivity index (χ1) is 22.1. The largest absolute Gasteiger partial charge is 0.444 e. The number of nitrogens with zero attached hydrogens (tertiary/aromatic N) is 3. The number of piperidine rings is 1. The van der Waals surface area contributed by atoms with E-state index in [1.807, 2.05) is 75.4 Å². The van der Waals surface area contributed by atoms with E-state index in [1.54, 1.807) is 24.5 Å². The van der Waals surface area contributed by atoms with Crippen molar-refractivity contribution in [1.29, 1.82) is 0 Å². The Balaban J connectivity index is 1.37. The first-order valence-electron chi connectivity index (χ1n) is 15.1. The second-order valence-electron chi connectivity index (χ2n) is 12.0. The highest BCUT2D eigenvalue weighted by atomic mass is 16.6. The van der Waals surface area contributed by atoms with E-state index in [9.17, 15) is 14.4 Å². The smallest absolute Gasteiger partial charge is 0.412 e. The predicted molar refractivity (Wildman–Crippen MR) is 179 cm³/mol. The molecule has 1 atom stereocenters. The molecule has 3 amide bonds. The summed E-state index contributed by atoms with van der Waals surface area (Å²) in [6, 6.07) is 18.2. The number of carbonyl (C=O) groups excluding carboxylic acids is 3. The Hall–Kier alpha value is -5.45. The molecule has 1 unspecified atom stereocenters. The molecule has 3 N–H and O–H groups in total. The average Bonchev–Trinajstić information content (AvgIpc) is 3.03. The van der Waals surface area contributed by atoms with E-state index < -0.39 is 23.7 Å². The molecule has 46 heavy (non-hydrogen) atoms. The van der Waals surface area contributed by atoms with Crippen molar-refractivity contribution in [3.8, 4) is 0 Å². The van der Waals surface area contributed by atoms with E-state index in [4.69, 9.17) is 9.47 Å².